The number of hydrogen-bond acceptors (Lipinski definition) is 6. The Labute approximate surface area is 191 Å². The molecule has 2 aromatic heterocycles. The van der Waals surface area contributed by atoms with Gasteiger partial charge in [-0.1, -0.05) is 19.3 Å². The maximum atomic E-state index is 12.6. The van der Waals surface area contributed by atoms with Crippen LogP contribution in [0.3, 0.4) is 0 Å². The lowest BCUT2D eigenvalue weighted by Crippen LogP contribution is -2.26. The van der Waals surface area contributed by atoms with E-state index in [1.54, 1.807) is 23.1 Å². The number of nitrogens with one attached hydrogen (secondary N) is 2. The molecule has 4 rings (SSSR count). The highest BCUT2D eigenvalue weighted by molar-refractivity contribution is 7.98. The summed E-state index contributed by atoms with van der Waals surface area (Å²) in [4.78, 5) is 34.5. The number of nitrogens with zero attached hydrogens (tertiary/aromatic N) is 1. The van der Waals surface area contributed by atoms with E-state index in [9.17, 15) is 9.59 Å². The molecule has 0 spiro atoms. The lowest BCUT2D eigenvalue weighted by molar-refractivity contribution is -0.120. The van der Waals surface area contributed by atoms with Gasteiger partial charge in [0.25, 0.3) is 5.56 Å². The summed E-state index contributed by atoms with van der Waals surface area (Å²) in [7, 11) is 0. The first-order valence-corrected chi connectivity index (χ1v) is 13.7. The van der Waals surface area contributed by atoms with Crippen molar-refractivity contribution in [3.8, 4) is 0 Å². The predicted octanol–water partition coefficient (Wildman–Crippen LogP) is 4.34. The minimum Gasteiger partial charge on any atom is -0.378 e. The van der Waals surface area contributed by atoms with Gasteiger partial charge in [-0.25, -0.2) is 4.98 Å². The summed E-state index contributed by atoms with van der Waals surface area (Å²) in [6, 6.07) is 0. The molecule has 1 amide bonds. The van der Waals surface area contributed by atoms with E-state index in [-0.39, 0.29) is 11.5 Å². The van der Waals surface area contributed by atoms with E-state index in [1.165, 1.54) is 49.0 Å². The molecule has 2 heterocycles. The van der Waals surface area contributed by atoms with Crippen LogP contribution in [0.5, 0.6) is 0 Å². The van der Waals surface area contributed by atoms with Gasteiger partial charge in [0, 0.05) is 30.2 Å². The summed E-state index contributed by atoms with van der Waals surface area (Å²) < 4.78 is 5.89. The van der Waals surface area contributed by atoms with Gasteiger partial charge in [0.05, 0.1) is 17.2 Å². The van der Waals surface area contributed by atoms with Crippen molar-refractivity contribution in [3.05, 3.63) is 26.6 Å². The molecule has 0 radical (unpaired) electrons. The van der Waals surface area contributed by atoms with Crippen molar-refractivity contribution in [2.75, 3.05) is 18.9 Å². The number of aryl methyl sites for hydroxylation is 2. The van der Waals surface area contributed by atoms with Crippen LogP contribution in [0.1, 0.15) is 74.1 Å². The fourth-order valence-corrected chi connectivity index (χ4v) is 6.57. The summed E-state index contributed by atoms with van der Waals surface area (Å²) in [5, 5.41) is 3.78. The van der Waals surface area contributed by atoms with Crippen LogP contribution in [0.4, 0.5) is 0 Å². The molecule has 2 aromatic rings. The molecular weight excluding hydrogens is 430 g/mol. The maximum absolute atomic E-state index is 12.6. The Kier molecular flexibility index (Phi) is 8.44. The zero-order chi connectivity index (χ0) is 21.5. The van der Waals surface area contributed by atoms with Crippen LogP contribution in [0.15, 0.2) is 4.79 Å². The van der Waals surface area contributed by atoms with E-state index >= 15 is 0 Å². The van der Waals surface area contributed by atoms with E-state index in [0.29, 0.717) is 36.4 Å². The highest BCUT2D eigenvalue weighted by atomic mass is 32.2. The molecule has 2 aliphatic rings. The third-order valence-corrected chi connectivity index (χ3v) is 8.29. The van der Waals surface area contributed by atoms with Crippen LogP contribution in [-0.2, 0) is 28.1 Å². The molecule has 0 unspecified atom stereocenters. The van der Waals surface area contributed by atoms with Gasteiger partial charge in [0.1, 0.15) is 10.7 Å². The van der Waals surface area contributed by atoms with E-state index in [2.05, 4.69) is 10.3 Å². The number of ether oxygens (including phenoxy) is 1. The SMILES string of the molecule is O=C(CCSCc1nc2sc3c(c2c(=O)[nH]1)CCCC3)NCCCOC1CCCCC1. The number of fused-ring (bicyclic) bond motifs is 3. The van der Waals surface area contributed by atoms with E-state index in [4.69, 9.17) is 9.72 Å². The quantitative estimate of drug-likeness (QED) is 0.512. The molecule has 0 aliphatic heterocycles. The summed E-state index contributed by atoms with van der Waals surface area (Å²) in [6.07, 6.45) is 12.5. The van der Waals surface area contributed by atoms with E-state index in [1.807, 2.05) is 0 Å². The molecule has 2 N–H and O–H groups in total. The molecule has 8 heteroatoms. The van der Waals surface area contributed by atoms with Crippen molar-refractivity contribution in [3.63, 3.8) is 0 Å². The second-order valence-electron chi connectivity index (χ2n) is 8.54. The van der Waals surface area contributed by atoms with E-state index < -0.39 is 0 Å². The summed E-state index contributed by atoms with van der Waals surface area (Å²) in [6.45, 7) is 1.40. The lowest BCUT2D eigenvalue weighted by Gasteiger charge is -2.21. The van der Waals surface area contributed by atoms with Gasteiger partial charge < -0.3 is 15.0 Å². The largest absolute Gasteiger partial charge is 0.378 e. The van der Waals surface area contributed by atoms with Crippen molar-refractivity contribution in [1.29, 1.82) is 0 Å². The molecule has 0 saturated heterocycles. The maximum Gasteiger partial charge on any atom is 0.259 e. The summed E-state index contributed by atoms with van der Waals surface area (Å²) >= 11 is 3.32. The van der Waals surface area contributed by atoms with Crippen LogP contribution >= 0.6 is 23.1 Å². The number of rotatable bonds is 10. The first-order valence-electron chi connectivity index (χ1n) is 11.7. The third kappa shape index (κ3) is 6.33. The van der Waals surface area contributed by atoms with Crippen LogP contribution in [0.25, 0.3) is 10.2 Å². The Hall–Kier alpha value is -1.38. The Balaban J connectivity index is 1.13. The van der Waals surface area contributed by atoms with Gasteiger partial charge in [0.15, 0.2) is 0 Å². The zero-order valence-electron chi connectivity index (χ0n) is 18.2. The summed E-state index contributed by atoms with van der Waals surface area (Å²) in [5.41, 5.74) is 1.22. The fraction of sp³-hybridized carbons (Fsp3) is 0.696. The topological polar surface area (TPSA) is 84.1 Å². The van der Waals surface area contributed by atoms with Gasteiger partial charge in [-0.15, -0.1) is 11.3 Å². The number of hydrogen-bond donors (Lipinski definition) is 2. The zero-order valence-corrected chi connectivity index (χ0v) is 19.8. The second kappa shape index (κ2) is 11.5. The number of thiophene rings is 1. The Morgan fingerprint density at radius 2 is 2.03 bits per heavy atom. The summed E-state index contributed by atoms with van der Waals surface area (Å²) in [5.74, 6) is 2.12. The molecule has 31 heavy (non-hydrogen) atoms. The molecule has 0 bridgehead atoms. The molecule has 2 aliphatic carbocycles. The number of carbonyl (C=O) groups excluding carboxylic acids is 1. The van der Waals surface area contributed by atoms with Crippen LogP contribution < -0.4 is 10.9 Å². The van der Waals surface area contributed by atoms with Crippen molar-refractivity contribution < 1.29 is 9.53 Å². The molecule has 1 fully saturated rings. The number of thioether (sulfide) groups is 1. The second-order valence-corrected chi connectivity index (χ2v) is 10.7. The highest BCUT2D eigenvalue weighted by Gasteiger charge is 2.19. The van der Waals surface area contributed by atoms with Gasteiger partial charge in [-0.3, -0.25) is 9.59 Å². The van der Waals surface area contributed by atoms with Gasteiger partial charge in [-0.2, -0.15) is 11.8 Å². The monoisotopic (exact) mass is 463 g/mol. The van der Waals surface area contributed by atoms with Crippen molar-refractivity contribution in [2.24, 2.45) is 0 Å². The van der Waals surface area contributed by atoms with Crippen molar-refractivity contribution >= 4 is 39.2 Å². The van der Waals surface area contributed by atoms with Crippen LogP contribution in [0.2, 0.25) is 0 Å². The first-order chi connectivity index (χ1) is 15.2. The molecule has 6 nitrogen and oxygen atoms in total. The number of carbonyl (C=O) groups is 1. The standard InChI is InChI=1S/C23H33N3O3S2/c27-20(24-12-6-13-29-16-7-2-1-3-8-16)11-14-30-15-19-25-22(28)21-17-9-4-5-10-18(17)31-23(21)26-19/h16H,1-15H2,(H,24,27)(H,25,26,28). The molecular formula is C23H33N3O3S2. The number of H-pyrrole nitrogens is 1. The first kappa shape index (κ1) is 22.8. The minimum absolute atomic E-state index is 0.00631. The van der Waals surface area contributed by atoms with Crippen LogP contribution in [-0.4, -0.2) is 40.9 Å². The average Bonchev–Trinajstić information content (AvgIpc) is 3.16. The number of aromatic amines is 1. The number of aromatic nitrogens is 2. The number of amides is 1. The van der Waals surface area contributed by atoms with Crippen molar-refractivity contribution in [1.82, 2.24) is 15.3 Å². The fourth-order valence-electron chi connectivity index (χ4n) is 4.48. The Morgan fingerprint density at radius 1 is 1.19 bits per heavy atom. The van der Waals surface area contributed by atoms with Gasteiger partial charge in [0.2, 0.25) is 5.91 Å². The normalized spacial score (nSPS) is 17.0. The Morgan fingerprint density at radius 3 is 2.90 bits per heavy atom. The average molecular weight is 464 g/mol. The Bertz CT molecular complexity index is 934. The third-order valence-electron chi connectivity index (χ3n) is 6.14. The molecule has 0 aromatic carbocycles. The highest BCUT2D eigenvalue weighted by Crippen LogP contribution is 2.33. The van der Waals surface area contributed by atoms with E-state index in [0.717, 1.165) is 42.5 Å². The van der Waals surface area contributed by atoms with Gasteiger partial charge >= 0.3 is 0 Å². The molecule has 0 atom stereocenters. The van der Waals surface area contributed by atoms with Crippen LogP contribution in [0, 0.1) is 0 Å². The minimum atomic E-state index is -0.00631. The smallest absolute Gasteiger partial charge is 0.259 e. The predicted molar refractivity (Wildman–Crippen MR) is 128 cm³/mol. The molecule has 170 valence electrons. The van der Waals surface area contributed by atoms with Gasteiger partial charge in [-0.05, 0) is 50.5 Å². The van der Waals surface area contributed by atoms with Crippen molar-refractivity contribution in [2.45, 2.75) is 82.5 Å². The lowest BCUT2D eigenvalue weighted by atomic mass is 9.97. The molecule has 1 saturated carbocycles.